The molecular weight excluding hydrogens is 440 g/mol. The van der Waals surface area contributed by atoms with E-state index in [0.29, 0.717) is 26.2 Å². The molecule has 4 aromatic rings. The molecule has 3 heterocycles. The van der Waals surface area contributed by atoms with Gasteiger partial charge in [0, 0.05) is 34.3 Å². The summed E-state index contributed by atoms with van der Waals surface area (Å²) >= 11 is 3.30. The Morgan fingerprint density at radius 1 is 1.12 bits per heavy atom. The van der Waals surface area contributed by atoms with Gasteiger partial charge in [-0.3, -0.25) is 0 Å². The molecule has 4 rings (SSSR count). The topological polar surface area (TPSA) is 59.4 Å². The van der Waals surface area contributed by atoms with E-state index >= 15 is 0 Å². The van der Waals surface area contributed by atoms with Crippen molar-refractivity contribution in [2.45, 2.75) is 26.6 Å². The van der Waals surface area contributed by atoms with Gasteiger partial charge < -0.3 is 19.5 Å². The Bertz CT molecular complexity index is 1130. The molecule has 1 aromatic carbocycles. The van der Waals surface area contributed by atoms with Gasteiger partial charge in [0.2, 0.25) is 0 Å². The summed E-state index contributed by atoms with van der Waals surface area (Å²) in [6, 6.07) is 16.1. The van der Waals surface area contributed by atoms with Gasteiger partial charge in [0.05, 0.1) is 32.4 Å². The number of urea groups is 1. The molecule has 166 valence electrons. The molecule has 0 fully saturated rings. The Morgan fingerprint density at radius 3 is 2.69 bits per heavy atom. The number of rotatable bonds is 9. The predicted octanol–water partition coefficient (Wildman–Crippen LogP) is 5.46. The molecular formula is C24H26N4O2S2. The van der Waals surface area contributed by atoms with Crippen molar-refractivity contribution in [2.75, 3.05) is 13.7 Å². The number of ether oxygens (including phenoxy) is 1. The summed E-state index contributed by atoms with van der Waals surface area (Å²) in [5.41, 5.74) is 3.15. The van der Waals surface area contributed by atoms with Crippen LogP contribution in [0.3, 0.4) is 0 Å². The number of hydrogen-bond donors (Lipinski definition) is 1. The van der Waals surface area contributed by atoms with E-state index in [-0.39, 0.29) is 6.03 Å². The number of benzene rings is 1. The van der Waals surface area contributed by atoms with Gasteiger partial charge in [-0.1, -0.05) is 6.07 Å². The smallest absolute Gasteiger partial charge is 0.318 e. The molecule has 1 N–H and O–H groups in total. The number of hydrogen-bond acceptors (Lipinski definition) is 5. The van der Waals surface area contributed by atoms with Crippen LogP contribution in [0.1, 0.15) is 23.2 Å². The van der Waals surface area contributed by atoms with Gasteiger partial charge >= 0.3 is 6.03 Å². The maximum Gasteiger partial charge on any atom is 0.318 e. The molecule has 0 bridgehead atoms. The van der Waals surface area contributed by atoms with Gasteiger partial charge in [0.1, 0.15) is 10.8 Å². The van der Waals surface area contributed by atoms with E-state index in [9.17, 15) is 4.79 Å². The number of carbonyl (C=O) groups is 1. The summed E-state index contributed by atoms with van der Waals surface area (Å²) in [6.45, 7) is 4.33. The van der Waals surface area contributed by atoms with Gasteiger partial charge in [-0.2, -0.15) is 0 Å². The van der Waals surface area contributed by atoms with Crippen molar-refractivity contribution in [1.82, 2.24) is 19.8 Å². The summed E-state index contributed by atoms with van der Waals surface area (Å²) < 4.78 is 7.40. The Morgan fingerprint density at radius 2 is 1.97 bits per heavy atom. The van der Waals surface area contributed by atoms with Crippen LogP contribution < -0.4 is 10.1 Å². The SMILES string of the molecule is CCNC(=O)N(Cc1cccs1)Cc1cccn1Cc1csc(-c2ccc(OC)cc2)n1. The largest absolute Gasteiger partial charge is 0.497 e. The zero-order chi connectivity index (χ0) is 22.3. The first kappa shape index (κ1) is 22.1. The van der Waals surface area contributed by atoms with Crippen LogP contribution in [0.5, 0.6) is 5.75 Å². The zero-order valence-electron chi connectivity index (χ0n) is 18.2. The second kappa shape index (κ2) is 10.5. The van der Waals surface area contributed by atoms with Crippen molar-refractivity contribution in [1.29, 1.82) is 0 Å². The van der Waals surface area contributed by atoms with E-state index in [1.54, 1.807) is 29.8 Å². The number of nitrogens with zero attached hydrogens (tertiary/aromatic N) is 3. The lowest BCUT2D eigenvalue weighted by atomic mass is 10.2. The quantitative estimate of drug-likeness (QED) is 0.356. The molecule has 3 aromatic heterocycles. The van der Waals surface area contributed by atoms with Crippen LogP contribution in [-0.2, 0) is 19.6 Å². The molecule has 0 aliphatic carbocycles. The van der Waals surface area contributed by atoms with Crippen molar-refractivity contribution in [3.8, 4) is 16.3 Å². The lowest BCUT2D eigenvalue weighted by Gasteiger charge is -2.23. The van der Waals surface area contributed by atoms with Crippen LogP contribution in [0.2, 0.25) is 0 Å². The molecule has 6 nitrogen and oxygen atoms in total. The van der Waals surface area contributed by atoms with Gasteiger partial charge in [-0.05, 0) is 54.8 Å². The van der Waals surface area contributed by atoms with Gasteiger partial charge in [-0.15, -0.1) is 22.7 Å². The highest BCUT2D eigenvalue weighted by Crippen LogP contribution is 2.26. The maximum absolute atomic E-state index is 12.7. The van der Waals surface area contributed by atoms with Crippen LogP contribution in [0.25, 0.3) is 10.6 Å². The number of thiophene rings is 1. The predicted molar refractivity (Wildman–Crippen MR) is 130 cm³/mol. The monoisotopic (exact) mass is 466 g/mol. The molecule has 0 spiro atoms. The van der Waals surface area contributed by atoms with E-state index in [0.717, 1.165) is 32.6 Å². The number of nitrogens with one attached hydrogen (secondary N) is 1. The molecule has 0 aliphatic heterocycles. The van der Waals surface area contributed by atoms with Gasteiger partial charge in [0.15, 0.2) is 0 Å². The number of carbonyl (C=O) groups excluding carboxylic acids is 1. The van der Waals surface area contributed by atoms with E-state index in [2.05, 4.69) is 27.4 Å². The third-order valence-corrected chi connectivity index (χ3v) is 6.84. The zero-order valence-corrected chi connectivity index (χ0v) is 19.8. The van der Waals surface area contributed by atoms with Crippen LogP contribution in [0.4, 0.5) is 4.79 Å². The molecule has 0 unspecified atom stereocenters. The fourth-order valence-corrected chi connectivity index (χ4v) is 4.95. The third-order valence-electron chi connectivity index (χ3n) is 5.04. The van der Waals surface area contributed by atoms with E-state index in [4.69, 9.17) is 9.72 Å². The molecule has 8 heteroatoms. The average molecular weight is 467 g/mol. The Balaban J connectivity index is 1.48. The minimum absolute atomic E-state index is 0.0518. The van der Waals surface area contributed by atoms with Crippen molar-refractivity contribution in [3.63, 3.8) is 0 Å². The lowest BCUT2D eigenvalue weighted by Crippen LogP contribution is -2.39. The first-order valence-corrected chi connectivity index (χ1v) is 12.2. The van der Waals surface area contributed by atoms with E-state index in [1.807, 2.05) is 59.8 Å². The normalized spacial score (nSPS) is 10.8. The van der Waals surface area contributed by atoms with Gasteiger partial charge in [-0.25, -0.2) is 9.78 Å². The highest BCUT2D eigenvalue weighted by atomic mass is 32.1. The average Bonchev–Trinajstić information content (AvgIpc) is 3.57. The molecule has 0 saturated heterocycles. The summed E-state index contributed by atoms with van der Waals surface area (Å²) in [6.07, 6.45) is 2.04. The second-order valence-electron chi connectivity index (χ2n) is 7.27. The Hall–Kier alpha value is -3.10. The molecule has 2 amide bonds. The summed E-state index contributed by atoms with van der Waals surface area (Å²) in [5.74, 6) is 0.835. The minimum Gasteiger partial charge on any atom is -0.497 e. The third kappa shape index (κ3) is 5.38. The van der Waals surface area contributed by atoms with Gasteiger partial charge in [0.25, 0.3) is 0 Å². The number of thiazole rings is 1. The highest BCUT2D eigenvalue weighted by molar-refractivity contribution is 7.13. The first-order chi connectivity index (χ1) is 15.7. The molecule has 32 heavy (non-hydrogen) atoms. The highest BCUT2D eigenvalue weighted by Gasteiger charge is 2.17. The lowest BCUT2D eigenvalue weighted by molar-refractivity contribution is 0.192. The Kier molecular flexibility index (Phi) is 7.24. The standard InChI is InChI=1S/C24H26N4O2S2/c1-3-25-24(29)28(16-22-7-5-13-31-22)15-20-6-4-12-27(20)14-19-17-32-23(26-19)18-8-10-21(30-2)11-9-18/h4-13,17H,3,14-16H2,1-2H3,(H,25,29). The van der Waals surface area contributed by atoms with E-state index < -0.39 is 0 Å². The van der Waals surface area contributed by atoms with Crippen molar-refractivity contribution in [2.24, 2.45) is 0 Å². The fourth-order valence-electron chi connectivity index (χ4n) is 3.42. The van der Waals surface area contributed by atoms with Crippen molar-refractivity contribution >= 4 is 28.7 Å². The van der Waals surface area contributed by atoms with Crippen LogP contribution >= 0.6 is 22.7 Å². The summed E-state index contributed by atoms with van der Waals surface area (Å²) in [4.78, 5) is 20.5. The maximum atomic E-state index is 12.7. The summed E-state index contributed by atoms with van der Waals surface area (Å²) in [5, 5.41) is 8.05. The van der Waals surface area contributed by atoms with Crippen LogP contribution in [0.15, 0.2) is 65.5 Å². The fraction of sp³-hybridized carbons (Fsp3) is 0.250. The Labute approximate surface area is 196 Å². The molecule has 0 radical (unpaired) electrons. The number of amides is 2. The van der Waals surface area contributed by atoms with E-state index in [1.165, 1.54) is 0 Å². The summed E-state index contributed by atoms with van der Waals surface area (Å²) in [7, 11) is 1.67. The number of aromatic nitrogens is 2. The molecule has 0 saturated carbocycles. The number of methoxy groups -OCH3 is 1. The second-order valence-corrected chi connectivity index (χ2v) is 9.16. The van der Waals surface area contributed by atoms with Crippen molar-refractivity contribution < 1.29 is 9.53 Å². The molecule has 0 atom stereocenters. The van der Waals surface area contributed by atoms with Crippen molar-refractivity contribution in [3.05, 3.63) is 81.8 Å². The van der Waals surface area contributed by atoms with Crippen LogP contribution in [-0.4, -0.2) is 34.1 Å². The first-order valence-electron chi connectivity index (χ1n) is 10.4. The van der Waals surface area contributed by atoms with Crippen LogP contribution in [0, 0.1) is 0 Å². The molecule has 0 aliphatic rings. The minimum atomic E-state index is -0.0518.